The van der Waals surface area contributed by atoms with Crippen molar-refractivity contribution in [2.24, 2.45) is 0 Å². The molecule has 0 aliphatic carbocycles. The van der Waals surface area contributed by atoms with Crippen LogP contribution in [0.25, 0.3) is 0 Å². The second-order valence-corrected chi connectivity index (χ2v) is 6.23. The third-order valence-electron chi connectivity index (χ3n) is 3.55. The van der Waals surface area contributed by atoms with Gasteiger partial charge < -0.3 is 10.2 Å². The van der Waals surface area contributed by atoms with Gasteiger partial charge in [0.1, 0.15) is 0 Å². The highest BCUT2D eigenvalue weighted by atomic mass is 32.1. The van der Waals surface area contributed by atoms with Crippen LogP contribution in [0.1, 0.15) is 96.8 Å². The minimum Gasteiger partial charge on any atom is -0.481 e. The van der Waals surface area contributed by atoms with Crippen LogP contribution in [0.2, 0.25) is 0 Å². The fraction of sp³-hybridized carbons (Fsp3) is 0.944. The van der Waals surface area contributed by atoms with Crippen LogP contribution >= 0.6 is 12.6 Å². The zero-order valence-corrected chi connectivity index (χ0v) is 15.5. The van der Waals surface area contributed by atoms with Crippen LogP contribution in [0, 0.1) is 0 Å². The fourth-order valence-corrected chi connectivity index (χ4v) is 2.56. The van der Waals surface area contributed by atoms with Gasteiger partial charge in [0, 0.05) is 13.0 Å². The summed E-state index contributed by atoms with van der Waals surface area (Å²) in [7, 11) is 0. The van der Waals surface area contributed by atoms with Crippen molar-refractivity contribution in [2.75, 3.05) is 12.4 Å². The molecule has 0 fully saturated rings. The molecule has 3 nitrogen and oxygen atoms in total. The molecule has 0 atom stereocenters. The molecule has 2 N–H and O–H groups in total. The molecule has 0 bridgehead atoms. The molecule has 0 amide bonds. The number of carboxylic acids is 1. The second kappa shape index (κ2) is 23.1. The Morgan fingerprint density at radius 2 is 1.00 bits per heavy atom. The van der Waals surface area contributed by atoms with Gasteiger partial charge >= 0.3 is 5.97 Å². The lowest BCUT2D eigenvalue weighted by molar-refractivity contribution is -0.137. The van der Waals surface area contributed by atoms with Crippen molar-refractivity contribution in [2.45, 2.75) is 96.8 Å². The van der Waals surface area contributed by atoms with E-state index in [9.17, 15) is 4.79 Å². The zero-order chi connectivity index (χ0) is 16.9. The van der Waals surface area contributed by atoms with E-state index in [-0.39, 0.29) is 6.61 Å². The first-order valence-corrected chi connectivity index (χ1v) is 9.75. The van der Waals surface area contributed by atoms with E-state index in [1.165, 1.54) is 70.6 Å². The maximum atomic E-state index is 10.3. The average Bonchev–Trinajstić information content (AvgIpc) is 2.48. The Morgan fingerprint density at radius 1 is 0.727 bits per heavy atom. The highest BCUT2D eigenvalue weighted by molar-refractivity contribution is 7.80. The van der Waals surface area contributed by atoms with E-state index in [2.05, 4.69) is 12.6 Å². The molecule has 0 aromatic heterocycles. The minimum absolute atomic E-state index is 0.250. The Kier molecular flexibility index (Phi) is 25.2. The van der Waals surface area contributed by atoms with Gasteiger partial charge in [0.15, 0.2) is 0 Å². The van der Waals surface area contributed by atoms with Crippen molar-refractivity contribution in [1.29, 1.82) is 0 Å². The number of thiol groups is 1. The molecule has 0 aromatic carbocycles. The standard InChI is InChI=1S/C16H32O2S.C2H6O/c17-16(18)14-12-10-8-6-4-2-1-3-5-7-9-11-13-15-19;1-2-3/h19H,1-15H2,(H,17,18);3H,2H2,1H3. The van der Waals surface area contributed by atoms with Crippen LogP contribution in [-0.2, 0) is 4.79 Å². The molecule has 0 saturated carbocycles. The molecule has 0 heterocycles. The molecule has 0 radical (unpaired) electrons. The quantitative estimate of drug-likeness (QED) is 0.275. The number of aliphatic carboxylic acids is 1. The Bertz CT molecular complexity index is 211. The maximum Gasteiger partial charge on any atom is 0.303 e. The number of unbranched alkanes of at least 4 members (excludes halogenated alkanes) is 12. The number of carbonyl (C=O) groups is 1. The molecular formula is C18H38O3S. The second-order valence-electron chi connectivity index (χ2n) is 5.78. The van der Waals surface area contributed by atoms with Crippen LogP contribution < -0.4 is 0 Å². The Labute approximate surface area is 143 Å². The van der Waals surface area contributed by atoms with Crippen molar-refractivity contribution in [3.8, 4) is 0 Å². The van der Waals surface area contributed by atoms with Crippen LogP contribution in [0.3, 0.4) is 0 Å². The molecule has 0 aliphatic rings. The van der Waals surface area contributed by atoms with Gasteiger partial charge in [0.2, 0.25) is 0 Å². The maximum absolute atomic E-state index is 10.3. The molecule has 0 saturated heterocycles. The van der Waals surface area contributed by atoms with Gasteiger partial charge in [-0.1, -0.05) is 70.6 Å². The Morgan fingerprint density at radius 3 is 1.27 bits per heavy atom. The smallest absolute Gasteiger partial charge is 0.303 e. The van der Waals surface area contributed by atoms with E-state index >= 15 is 0 Å². The third-order valence-corrected chi connectivity index (χ3v) is 3.86. The lowest BCUT2D eigenvalue weighted by atomic mass is 10.0. The molecular weight excluding hydrogens is 296 g/mol. The fourth-order valence-electron chi connectivity index (χ4n) is 2.33. The van der Waals surface area contributed by atoms with Crippen molar-refractivity contribution in [1.82, 2.24) is 0 Å². The van der Waals surface area contributed by atoms with Gasteiger partial charge in [0.05, 0.1) is 0 Å². The predicted octanol–water partition coefficient (Wildman–Crippen LogP) is 5.46. The third kappa shape index (κ3) is 28.0. The van der Waals surface area contributed by atoms with Gasteiger partial charge in [-0.05, 0) is 25.5 Å². The summed E-state index contributed by atoms with van der Waals surface area (Å²) in [6.45, 7) is 1.93. The zero-order valence-electron chi connectivity index (χ0n) is 14.6. The summed E-state index contributed by atoms with van der Waals surface area (Å²) in [6.07, 6.45) is 17.0. The van der Waals surface area contributed by atoms with E-state index in [0.29, 0.717) is 6.42 Å². The highest BCUT2D eigenvalue weighted by Crippen LogP contribution is 2.13. The van der Waals surface area contributed by atoms with Gasteiger partial charge in [-0.3, -0.25) is 4.79 Å². The Hall–Kier alpha value is -0.220. The molecule has 134 valence electrons. The van der Waals surface area contributed by atoms with Crippen LogP contribution in [0.4, 0.5) is 0 Å². The number of hydrogen-bond donors (Lipinski definition) is 3. The lowest BCUT2D eigenvalue weighted by Crippen LogP contribution is -1.93. The van der Waals surface area contributed by atoms with Crippen LogP contribution in [-0.4, -0.2) is 28.5 Å². The van der Waals surface area contributed by atoms with Gasteiger partial charge in [-0.15, -0.1) is 0 Å². The van der Waals surface area contributed by atoms with Crippen LogP contribution in [0.5, 0.6) is 0 Å². The molecule has 0 spiro atoms. The van der Waals surface area contributed by atoms with E-state index in [1.54, 1.807) is 6.92 Å². The van der Waals surface area contributed by atoms with Gasteiger partial charge in [0.25, 0.3) is 0 Å². The molecule has 0 unspecified atom stereocenters. The summed E-state index contributed by atoms with van der Waals surface area (Å²) in [5, 5.41) is 16.1. The molecule has 4 heteroatoms. The predicted molar refractivity (Wildman–Crippen MR) is 98.9 cm³/mol. The topological polar surface area (TPSA) is 57.5 Å². The molecule has 0 rings (SSSR count). The summed E-state index contributed by atoms with van der Waals surface area (Å²) in [5.74, 6) is 0.376. The summed E-state index contributed by atoms with van der Waals surface area (Å²) >= 11 is 4.21. The van der Waals surface area contributed by atoms with Crippen molar-refractivity contribution in [3.63, 3.8) is 0 Å². The number of carboxylic acid groups (broad SMARTS) is 1. The van der Waals surface area contributed by atoms with Gasteiger partial charge in [-0.2, -0.15) is 12.6 Å². The van der Waals surface area contributed by atoms with Crippen molar-refractivity contribution < 1.29 is 15.0 Å². The van der Waals surface area contributed by atoms with E-state index < -0.39 is 5.97 Å². The van der Waals surface area contributed by atoms with E-state index in [4.69, 9.17) is 10.2 Å². The molecule has 0 aliphatic heterocycles. The summed E-state index contributed by atoms with van der Waals surface area (Å²) in [6, 6.07) is 0. The largest absolute Gasteiger partial charge is 0.481 e. The number of hydrogen-bond acceptors (Lipinski definition) is 3. The first kappa shape index (κ1) is 24.0. The SMILES string of the molecule is CCO.O=C(O)CCCCCCCCCCCCCCCS. The molecule has 22 heavy (non-hydrogen) atoms. The first-order chi connectivity index (χ1) is 10.7. The number of aliphatic hydroxyl groups excluding tert-OH is 1. The highest BCUT2D eigenvalue weighted by Gasteiger charge is 1.96. The number of rotatable bonds is 15. The lowest BCUT2D eigenvalue weighted by Gasteiger charge is -2.02. The normalized spacial score (nSPS) is 10.1. The van der Waals surface area contributed by atoms with E-state index in [0.717, 1.165) is 18.6 Å². The number of aliphatic hydroxyl groups is 1. The minimum atomic E-state index is -0.658. The first-order valence-electron chi connectivity index (χ1n) is 9.12. The van der Waals surface area contributed by atoms with Gasteiger partial charge in [-0.25, -0.2) is 0 Å². The monoisotopic (exact) mass is 334 g/mol. The molecule has 0 aromatic rings. The van der Waals surface area contributed by atoms with Crippen molar-refractivity contribution in [3.05, 3.63) is 0 Å². The van der Waals surface area contributed by atoms with E-state index in [1.807, 2.05) is 0 Å². The summed E-state index contributed by atoms with van der Waals surface area (Å²) in [5.41, 5.74) is 0. The summed E-state index contributed by atoms with van der Waals surface area (Å²) < 4.78 is 0. The average molecular weight is 335 g/mol. The van der Waals surface area contributed by atoms with Crippen molar-refractivity contribution >= 4 is 18.6 Å². The summed E-state index contributed by atoms with van der Waals surface area (Å²) in [4.78, 5) is 10.3. The Balaban J connectivity index is 0. The van der Waals surface area contributed by atoms with Crippen LogP contribution in [0.15, 0.2) is 0 Å².